The standard InChI is InChI=1S/C58H36O2/c1-3-14-38-33-54-50(30-36(38)12-1)49-31-40(26-27-52(49)59-54)35-16-9-18-42(28-35)56-45-20-5-7-22-47(45)57(48-23-8-6-21-46(48)56)43-19-10-17-41(29-43)44-24-11-25-53-58(44)51-32-37-13-2-4-15-39(37)34-55(51)60-53/h1-33,39H,34H2. The van der Waals surface area contributed by atoms with Crippen LogP contribution in [0.25, 0.3) is 116 Å². The Balaban J connectivity index is 0.960. The largest absolute Gasteiger partial charge is 0.460 e. The minimum atomic E-state index is 0.371. The van der Waals surface area contributed by atoms with Gasteiger partial charge in [0.15, 0.2) is 0 Å². The molecule has 0 bridgehead atoms. The molecule has 0 amide bonds. The van der Waals surface area contributed by atoms with Crippen LogP contribution in [-0.4, -0.2) is 0 Å². The van der Waals surface area contributed by atoms with Gasteiger partial charge in [-0.1, -0.05) is 152 Å². The molecule has 11 aromatic rings. The predicted octanol–water partition coefficient (Wildman–Crippen LogP) is 16.1. The van der Waals surface area contributed by atoms with Crippen molar-refractivity contribution in [3.05, 3.63) is 211 Å². The van der Waals surface area contributed by atoms with Crippen molar-refractivity contribution in [2.24, 2.45) is 5.92 Å². The summed E-state index contributed by atoms with van der Waals surface area (Å²) in [7, 11) is 0. The summed E-state index contributed by atoms with van der Waals surface area (Å²) in [4.78, 5) is 0. The normalized spacial score (nSPS) is 14.7. The Morgan fingerprint density at radius 3 is 1.78 bits per heavy atom. The molecule has 1 atom stereocenters. The number of fused-ring (bicyclic) bond motifs is 10. The van der Waals surface area contributed by atoms with E-state index in [9.17, 15) is 0 Å². The fourth-order valence-corrected chi connectivity index (χ4v) is 10.2. The van der Waals surface area contributed by atoms with Crippen LogP contribution in [-0.2, 0) is 6.42 Å². The molecule has 280 valence electrons. The van der Waals surface area contributed by atoms with E-state index in [2.05, 4.69) is 200 Å². The van der Waals surface area contributed by atoms with Gasteiger partial charge in [0, 0.05) is 34.1 Å². The number of benzene rings is 9. The van der Waals surface area contributed by atoms with Crippen molar-refractivity contribution in [2.45, 2.75) is 6.42 Å². The molecule has 2 aromatic heterocycles. The van der Waals surface area contributed by atoms with Crippen LogP contribution in [0.2, 0.25) is 0 Å². The lowest BCUT2D eigenvalue weighted by Crippen LogP contribution is -2.10. The van der Waals surface area contributed by atoms with Gasteiger partial charge < -0.3 is 8.83 Å². The highest BCUT2D eigenvalue weighted by Crippen LogP contribution is 2.47. The second-order valence-corrected chi connectivity index (χ2v) is 16.3. The summed E-state index contributed by atoms with van der Waals surface area (Å²) in [5.74, 6) is 1.44. The maximum atomic E-state index is 6.56. The molecule has 0 spiro atoms. The summed E-state index contributed by atoms with van der Waals surface area (Å²) in [6.07, 6.45) is 12.0. The van der Waals surface area contributed by atoms with Gasteiger partial charge in [0.05, 0.1) is 0 Å². The first-order valence-corrected chi connectivity index (χ1v) is 20.8. The van der Waals surface area contributed by atoms with Gasteiger partial charge in [0.2, 0.25) is 0 Å². The molecular weight excluding hydrogens is 729 g/mol. The SMILES string of the molecule is C1=CC2=Cc3c(oc4cccc(-c5cccc(-c6c7ccccc7c(-c7cccc(-c8ccc9oc%10cc%11ccccc%11cc%10c9c8)c7)c7ccccc67)c5)c34)CC2C=C1. The highest BCUT2D eigenvalue weighted by Gasteiger charge is 2.26. The molecule has 13 rings (SSSR count). The second-order valence-electron chi connectivity index (χ2n) is 16.3. The van der Waals surface area contributed by atoms with E-state index < -0.39 is 0 Å². The minimum Gasteiger partial charge on any atom is -0.460 e. The summed E-state index contributed by atoms with van der Waals surface area (Å²) in [5, 5.41) is 10.8. The Kier molecular flexibility index (Phi) is 7.17. The van der Waals surface area contributed by atoms with Crippen molar-refractivity contribution < 1.29 is 8.83 Å². The zero-order valence-electron chi connectivity index (χ0n) is 32.7. The van der Waals surface area contributed by atoms with Crippen molar-refractivity contribution >= 4 is 71.3 Å². The maximum absolute atomic E-state index is 6.56. The van der Waals surface area contributed by atoms with Gasteiger partial charge in [-0.2, -0.15) is 0 Å². The second kappa shape index (κ2) is 12.9. The van der Waals surface area contributed by atoms with Gasteiger partial charge in [-0.25, -0.2) is 0 Å². The lowest BCUT2D eigenvalue weighted by molar-refractivity contribution is 0.521. The molecule has 1 unspecified atom stereocenters. The van der Waals surface area contributed by atoms with E-state index in [1.165, 1.54) is 93.3 Å². The van der Waals surface area contributed by atoms with Crippen LogP contribution in [0.1, 0.15) is 11.3 Å². The molecular formula is C58H36O2. The number of allylic oxidation sites excluding steroid dienone is 5. The van der Waals surface area contributed by atoms with Crippen molar-refractivity contribution in [3.8, 4) is 44.5 Å². The number of furan rings is 2. The zero-order chi connectivity index (χ0) is 39.3. The monoisotopic (exact) mass is 764 g/mol. The van der Waals surface area contributed by atoms with Crippen LogP contribution in [0.15, 0.2) is 209 Å². The highest BCUT2D eigenvalue weighted by molar-refractivity contribution is 6.22. The Morgan fingerprint density at radius 1 is 0.417 bits per heavy atom. The summed E-state index contributed by atoms with van der Waals surface area (Å²) in [6, 6.07) is 62.0. The molecule has 0 saturated carbocycles. The zero-order valence-corrected chi connectivity index (χ0v) is 32.7. The third-order valence-electron chi connectivity index (χ3n) is 12.9. The Morgan fingerprint density at radius 2 is 1.03 bits per heavy atom. The van der Waals surface area contributed by atoms with Crippen LogP contribution in [0.4, 0.5) is 0 Å². The molecule has 0 fully saturated rings. The molecule has 60 heavy (non-hydrogen) atoms. The van der Waals surface area contributed by atoms with Crippen LogP contribution >= 0.6 is 0 Å². The molecule has 0 radical (unpaired) electrons. The van der Waals surface area contributed by atoms with E-state index in [4.69, 9.17) is 8.83 Å². The first-order chi connectivity index (χ1) is 29.7. The van der Waals surface area contributed by atoms with E-state index in [1.807, 2.05) is 0 Å². The highest BCUT2D eigenvalue weighted by atomic mass is 16.3. The van der Waals surface area contributed by atoms with E-state index in [-0.39, 0.29) is 0 Å². The van der Waals surface area contributed by atoms with E-state index in [0.29, 0.717) is 5.92 Å². The van der Waals surface area contributed by atoms with E-state index >= 15 is 0 Å². The van der Waals surface area contributed by atoms with E-state index in [1.54, 1.807) is 0 Å². The van der Waals surface area contributed by atoms with Gasteiger partial charge in [0.1, 0.15) is 22.5 Å². The summed E-state index contributed by atoms with van der Waals surface area (Å²) in [5.41, 5.74) is 14.9. The summed E-state index contributed by atoms with van der Waals surface area (Å²) in [6.45, 7) is 0. The fraction of sp³-hybridized carbons (Fsp3) is 0.0345. The molecule has 2 heterocycles. The number of rotatable bonds is 4. The van der Waals surface area contributed by atoms with Gasteiger partial charge in [0.25, 0.3) is 0 Å². The topological polar surface area (TPSA) is 26.3 Å². The first kappa shape index (κ1) is 33.3. The van der Waals surface area contributed by atoms with Crippen molar-refractivity contribution in [2.75, 3.05) is 0 Å². The maximum Gasteiger partial charge on any atom is 0.136 e. The van der Waals surface area contributed by atoms with Crippen molar-refractivity contribution in [1.82, 2.24) is 0 Å². The third-order valence-corrected chi connectivity index (χ3v) is 12.9. The number of hydrogen-bond acceptors (Lipinski definition) is 2. The summed E-state index contributed by atoms with van der Waals surface area (Å²) >= 11 is 0. The summed E-state index contributed by atoms with van der Waals surface area (Å²) < 4.78 is 12.9. The molecule has 0 aliphatic heterocycles. The lowest BCUT2D eigenvalue weighted by Gasteiger charge is -2.20. The molecule has 2 aliphatic rings. The van der Waals surface area contributed by atoms with Crippen LogP contribution in [0, 0.1) is 5.92 Å². The van der Waals surface area contributed by atoms with Crippen LogP contribution in [0.5, 0.6) is 0 Å². The molecule has 9 aromatic carbocycles. The Bertz CT molecular complexity index is 3640. The fourth-order valence-electron chi connectivity index (χ4n) is 10.2. The van der Waals surface area contributed by atoms with Gasteiger partial charge in [-0.15, -0.1) is 0 Å². The quantitative estimate of drug-likeness (QED) is 0.167. The van der Waals surface area contributed by atoms with Crippen LogP contribution < -0.4 is 0 Å². The molecule has 0 saturated heterocycles. The molecule has 2 aliphatic carbocycles. The predicted molar refractivity (Wildman–Crippen MR) is 251 cm³/mol. The molecule has 2 nitrogen and oxygen atoms in total. The van der Waals surface area contributed by atoms with E-state index in [0.717, 1.165) is 39.7 Å². The average molecular weight is 765 g/mol. The smallest absolute Gasteiger partial charge is 0.136 e. The van der Waals surface area contributed by atoms with Crippen LogP contribution in [0.3, 0.4) is 0 Å². The Labute approximate surface area is 346 Å². The van der Waals surface area contributed by atoms with Crippen molar-refractivity contribution in [1.29, 1.82) is 0 Å². The lowest BCUT2D eigenvalue weighted by atomic mass is 9.83. The Hall–Kier alpha value is -7.68. The minimum absolute atomic E-state index is 0.371. The molecule has 0 N–H and O–H groups in total. The number of hydrogen-bond donors (Lipinski definition) is 0. The van der Waals surface area contributed by atoms with Crippen molar-refractivity contribution in [3.63, 3.8) is 0 Å². The third kappa shape index (κ3) is 5.07. The van der Waals surface area contributed by atoms with Gasteiger partial charge in [-0.05, 0) is 131 Å². The van der Waals surface area contributed by atoms with Gasteiger partial charge in [-0.3, -0.25) is 0 Å². The molecule has 2 heteroatoms. The van der Waals surface area contributed by atoms with Gasteiger partial charge >= 0.3 is 0 Å². The average Bonchev–Trinajstić information content (AvgIpc) is 3.85. The first-order valence-electron chi connectivity index (χ1n) is 20.8.